The second kappa shape index (κ2) is 5.39. The topological polar surface area (TPSA) is 37.3 Å². The molecule has 1 aromatic rings. The van der Waals surface area contributed by atoms with Crippen LogP contribution in [0.2, 0.25) is 4.71 Å². The van der Waals surface area contributed by atoms with Gasteiger partial charge in [0.05, 0.1) is 0 Å². The molecule has 1 N–H and O–H groups in total. The number of carboxylic acids is 1. The van der Waals surface area contributed by atoms with Crippen LogP contribution in [-0.2, 0) is 11.2 Å². The van der Waals surface area contributed by atoms with E-state index in [1.54, 1.807) is 0 Å². The minimum absolute atomic E-state index is 0.00882. The predicted octanol–water partition coefficient (Wildman–Crippen LogP) is 1.54. The van der Waals surface area contributed by atoms with Crippen LogP contribution in [0.15, 0.2) is 12.1 Å². The molecule has 16 heavy (non-hydrogen) atoms. The molecule has 1 aromatic carbocycles. The Kier molecular flexibility index (Phi) is 4.42. The van der Waals surface area contributed by atoms with Crippen molar-refractivity contribution in [2.24, 2.45) is 0 Å². The van der Waals surface area contributed by atoms with Gasteiger partial charge in [-0.25, -0.2) is 0 Å². The van der Waals surface area contributed by atoms with Crippen molar-refractivity contribution in [3.05, 3.63) is 35.1 Å². The standard InChI is InChI=1S/C10H10AsF3O2/c11-6(3-10(15)16)1-5-2-8(13)9(14)4-7(5)12/h2,4,6H,1,3,11H2,(H,15,16)/t6-/m0/s1. The van der Waals surface area contributed by atoms with Crippen LogP contribution in [0.4, 0.5) is 13.2 Å². The predicted molar refractivity (Wildman–Crippen MR) is 54.6 cm³/mol. The molecule has 0 bridgehead atoms. The number of carbonyl (C=O) groups is 1. The zero-order valence-electron chi connectivity index (χ0n) is 8.21. The average molecular weight is 294 g/mol. The number of carboxylic acid groups (broad SMARTS) is 1. The maximum absolute atomic E-state index is 13.2. The Morgan fingerprint density at radius 1 is 1.25 bits per heavy atom. The Morgan fingerprint density at radius 2 is 1.81 bits per heavy atom. The fourth-order valence-corrected chi connectivity index (χ4v) is 2.25. The molecular formula is C10H10AsF3O2. The summed E-state index contributed by atoms with van der Waals surface area (Å²) in [6.07, 6.45) is -0.0201. The molecule has 0 spiro atoms. The molecule has 0 aliphatic heterocycles. The maximum atomic E-state index is 13.2. The van der Waals surface area contributed by atoms with Crippen molar-refractivity contribution in [3.63, 3.8) is 0 Å². The van der Waals surface area contributed by atoms with Crippen LogP contribution in [-0.4, -0.2) is 27.9 Å². The zero-order chi connectivity index (χ0) is 12.3. The van der Waals surface area contributed by atoms with E-state index in [0.717, 1.165) is 22.9 Å². The third-order valence-corrected chi connectivity index (χ3v) is 3.00. The van der Waals surface area contributed by atoms with Crippen molar-refractivity contribution in [1.29, 1.82) is 0 Å². The van der Waals surface area contributed by atoms with Gasteiger partial charge in [-0.2, -0.15) is 0 Å². The van der Waals surface area contributed by atoms with Crippen molar-refractivity contribution in [2.75, 3.05) is 0 Å². The van der Waals surface area contributed by atoms with Gasteiger partial charge in [-0.15, -0.1) is 0 Å². The van der Waals surface area contributed by atoms with Gasteiger partial charge in [-0.1, -0.05) is 0 Å². The second-order valence-corrected chi connectivity index (χ2v) is 5.40. The third-order valence-electron chi connectivity index (χ3n) is 2.01. The monoisotopic (exact) mass is 294 g/mol. The fourth-order valence-electron chi connectivity index (χ4n) is 1.30. The van der Waals surface area contributed by atoms with E-state index in [-0.39, 0.29) is 23.1 Å². The quantitative estimate of drug-likeness (QED) is 0.675. The van der Waals surface area contributed by atoms with Crippen molar-refractivity contribution < 1.29 is 23.1 Å². The van der Waals surface area contributed by atoms with E-state index in [2.05, 4.69) is 0 Å². The summed E-state index contributed by atoms with van der Waals surface area (Å²) in [5.41, 5.74) is 0.00882. The minimum atomic E-state index is -1.24. The molecule has 0 aliphatic carbocycles. The first-order valence-electron chi connectivity index (χ1n) is 4.51. The summed E-state index contributed by atoms with van der Waals surface area (Å²) in [5.74, 6) is -4.19. The molecule has 2 atom stereocenters. The van der Waals surface area contributed by atoms with Gasteiger partial charge < -0.3 is 0 Å². The van der Waals surface area contributed by atoms with Gasteiger partial charge in [0, 0.05) is 0 Å². The van der Waals surface area contributed by atoms with E-state index < -0.39 is 23.4 Å². The number of benzene rings is 1. The van der Waals surface area contributed by atoms with E-state index >= 15 is 0 Å². The van der Waals surface area contributed by atoms with Crippen LogP contribution in [0, 0.1) is 17.5 Å². The molecule has 1 rings (SSSR count). The number of hydrogen-bond acceptors (Lipinski definition) is 1. The number of rotatable bonds is 4. The van der Waals surface area contributed by atoms with Crippen molar-refractivity contribution in [1.82, 2.24) is 0 Å². The SMILES string of the molecule is O=C(O)C[C@@H]([AsH2])Cc1cc(F)c(F)cc1F. The van der Waals surface area contributed by atoms with Crippen LogP contribution in [0.25, 0.3) is 0 Å². The molecule has 0 aliphatic rings. The van der Waals surface area contributed by atoms with Gasteiger partial charge >= 0.3 is 98.6 Å². The molecule has 6 heteroatoms. The molecule has 0 amide bonds. The molecule has 0 aromatic heterocycles. The van der Waals surface area contributed by atoms with Gasteiger partial charge in [0.2, 0.25) is 0 Å². The Balaban J connectivity index is 2.81. The summed E-state index contributed by atoms with van der Waals surface area (Å²) in [5, 5.41) is 8.51. The summed E-state index contributed by atoms with van der Waals surface area (Å²) in [6.45, 7) is 0. The van der Waals surface area contributed by atoms with Gasteiger partial charge in [0.15, 0.2) is 0 Å². The van der Waals surface area contributed by atoms with Crippen LogP contribution in [0.1, 0.15) is 12.0 Å². The molecule has 88 valence electrons. The molecule has 0 fully saturated rings. The van der Waals surface area contributed by atoms with Crippen molar-refractivity contribution in [2.45, 2.75) is 17.5 Å². The first kappa shape index (κ1) is 13.1. The van der Waals surface area contributed by atoms with Crippen molar-refractivity contribution >= 4 is 22.8 Å². The first-order chi connectivity index (χ1) is 7.40. The Hall–Kier alpha value is -0.962. The average Bonchev–Trinajstić information content (AvgIpc) is 2.12. The van der Waals surface area contributed by atoms with E-state index in [4.69, 9.17) is 5.11 Å². The summed E-state index contributed by atoms with van der Waals surface area (Å²) >= 11 is 1.13. The van der Waals surface area contributed by atoms with Crippen LogP contribution < -0.4 is 0 Å². The molecular weight excluding hydrogens is 284 g/mol. The third kappa shape index (κ3) is 3.56. The fraction of sp³-hybridized carbons (Fsp3) is 0.300. The normalized spacial score (nSPS) is 12.5. The molecule has 0 heterocycles. The molecule has 0 saturated heterocycles. The molecule has 0 saturated carbocycles. The first-order valence-corrected chi connectivity index (χ1v) is 5.91. The van der Waals surface area contributed by atoms with Gasteiger partial charge in [-0.05, 0) is 0 Å². The Labute approximate surface area is 99.0 Å². The van der Waals surface area contributed by atoms with Gasteiger partial charge in [-0.3, -0.25) is 0 Å². The Bertz CT molecular complexity index is 409. The molecule has 0 radical (unpaired) electrons. The summed E-state index contributed by atoms with van der Waals surface area (Å²) in [4.78, 5) is 10.4. The molecule has 1 unspecified atom stereocenters. The van der Waals surface area contributed by atoms with E-state index in [0.29, 0.717) is 6.07 Å². The number of aliphatic carboxylic acids is 1. The summed E-state index contributed by atoms with van der Waals surface area (Å²) < 4.78 is 38.3. The van der Waals surface area contributed by atoms with E-state index in [1.165, 1.54) is 0 Å². The van der Waals surface area contributed by atoms with Gasteiger partial charge in [0.1, 0.15) is 0 Å². The van der Waals surface area contributed by atoms with Crippen LogP contribution in [0.5, 0.6) is 0 Å². The van der Waals surface area contributed by atoms with Gasteiger partial charge in [0.25, 0.3) is 0 Å². The van der Waals surface area contributed by atoms with Crippen LogP contribution >= 0.6 is 0 Å². The van der Waals surface area contributed by atoms with E-state index in [9.17, 15) is 18.0 Å². The van der Waals surface area contributed by atoms with Crippen molar-refractivity contribution in [3.8, 4) is 0 Å². The number of halogens is 3. The number of hydrogen-bond donors (Lipinski definition) is 1. The van der Waals surface area contributed by atoms with E-state index in [1.807, 2.05) is 0 Å². The van der Waals surface area contributed by atoms with Crippen LogP contribution in [0.3, 0.4) is 0 Å². The second-order valence-electron chi connectivity index (χ2n) is 3.42. The molecule has 2 nitrogen and oxygen atoms in total. The summed E-state index contributed by atoms with van der Waals surface area (Å²) in [7, 11) is 0. The summed E-state index contributed by atoms with van der Waals surface area (Å²) in [6, 6.07) is 1.25. The Morgan fingerprint density at radius 3 is 2.38 bits per heavy atom. The zero-order valence-corrected chi connectivity index (χ0v) is 10.6.